The van der Waals surface area contributed by atoms with Crippen molar-refractivity contribution in [3.63, 3.8) is 0 Å². The molecule has 0 radical (unpaired) electrons. The molecule has 106 valence electrons. The van der Waals surface area contributed by atoms with Gasteiger partial charge in [0.1, 0.15) is 11.6 Å². The Morgan fingerprint density at radius 2 is 1.80 bits per heavy atom. The Morgan fingerprint density at radius 1 is 1.15 bits per heavy atom. The average molecular weight is 270 g/mol. The van der Waals surface area contributed by atoms with Gasteiger partial charge in [-0.15, -0.1) is 0 Å². The van der Waals surface area contributed by atoms with Crippen LogP contribution in [0.4, 0.5) is 0 Å². The van der Waals surface area contributed by atoms with E-state index in [2.05, 4.69) is 30.3 Å². The van der Waals surface area contributed by atoms with E-state index in [1.54, 1.807) is 0 Å². The maximum atomic E-state index is 11.5. The quantitative estimate of drug-likeness (QED) is 0.597. The third-order valence-electron chi connectivity index (χ3n) is 4.22. The Labute approximate surface area is 120 Å². The van der Waals surface area contributed by atoms with Gasteiger partial charge in [0.2, 0.25) is 0 Å². The Balaban J connectivity index is 1.99. The number of ketones is 2. The third-order valence-corrected chi connectivity index (χ3v) is 4.22. The number of benzene rings is 1. The molecule has 1 aliphatic carbocycles. The highest BCUT2D eigenvalue weighted by molar-refractivity contribution is 6.00. The second kappa shape index (κ2) is 6.65. The lowest BCUT2D eigenvalue weighted by molar-refractivity contribution is -0.130. The molecule has 0 aliphatic heterocycles. The molecule has 0 bridgehead atoms. The normalized spacial score (nSPS) is 18.8. The molecule has 1 aliphatic rings. The van der Waals surface area contributed by atoms with Gasteiger partial charge in [0.25, 0.3) is 0 Å². The fourth-order valence-corrected chi connectivity index (χ4v) is 2.94. The number of carbonyl (C=O) groups is 2. The number of rotatable bonds is 5. The summed E-state index contributed by atoms with van der Waals surface area (Å²) in [6, 6.07) is 10.6. The zero-order chi connectivity index (χ0) is 14.5. The standard InChI is InChI=1S/C18H22O2/c1-13(19)18(14(2)20)12-15-8-10-17(11-9-15)16-6-4-3-5-7-16/h3-8,17-18H,9-12H2,1-2H3. The molecule has 0 saturated heterocycles. The summed E-state index contributed by atoms with van der Waals surface area (Å²) in [4.78, 5) is 23.0. The first kappa shape index (κ1) is 14.7. The predicted octanol–water partition coefficient (Wildman–Crippen LogP) is 4.06. The van der Waals surface area contributed by atoms with Gasteiger partial charge in [-0.2, -0.15) is 0 Å². The van der Waals surface area contributed by atoms with Crippen molar-refractivity contribution in [2.45, 2.75) is 45.4 Å². The largest absolute Gasteiger partial charge is 0.299 e. The van der Waals surface area contributed by atoms with Crippen LogP contribution in [-0.4, -0.2) is 11.6 Å². The van der Waals surface area contributed by atoms with Crippen molar-refractivity contribution < 1.29 is 9.59 Å². The van der Waals surface area contributed by atoms with Crippen LogP contribution < -0.4 is 0 Å². The Morgan fingerprint density at radius 3 is 2.30 bits per heavy atom. The molecule has 1 unspecified atom stereocenters. The van der Waals surface area contributed by atoms with Crippen LogP contribution in [0.2, 0.25) is 0 Å². The van der Waals surface area contributed by atoms with Gasteiger partial charge in [-0.05, 0) is 51.0 Å². The van der Waals surface area contributed by atoms with E-state index >= 15 is 0 Å². The van der Waals surface area contributed by atoms with Crippen LogP contribution in [-0.2, 0) is 9.59 Å². The van der Waals surface area contributed by atoms with Crippen molar-refractivity contribution in [2.24, 2.45) is 5.92 Å². The van der Waals surface area contributed by atoms with Gasteiger partial charge in [-0.1, -0.05) is 42.0 Å². The third kappa shape index (κ3) is 3.66. The minimum absolute atomic E-state index is 0.0106. The van der Waals surface area contributed by atoms with E-state index in [0.717, 1.165) is 19.3 Å². The zero-order valence-electron chi connectivity index (χ0n) is 12.3. The lowest BCUT2D eigenvalue weighted by atomic mass is 9.81. The SMILES string of the molecule is CC(=O)C(CC1=CCC(c2ccccc2)CC1)C(C)=O. The van der Waals surface area contributed by atoms with Crippen LogP contribution in [0.25, 0.3) is 0 Å². The molecule has 1 aromatic rings. The molecule has 0 amide bonds. The Hall–Kier alpha value is -1.70. The molecule has 1 atom stereocenters. The van der Waals surface area contributed by atoms with Crippen LogP contribution in [0.1, 0.15) is 51.0 Å². The predicted molar refractivity (Wildman–Crippen MR) is 80.6 cm³/mol. The zero-order valence-corrected chi connectivity index (χ0v) is 12.3. The van der Waals surface area contributed by atoms with Gasteiger partial charge in [-0.25, -0.2) is 0 Å². The van der Waals surface area contributed by atoms with E-state index in [0.29, 0.717) is 12.3 Å². The molecule has 0 spiro atoms. The number of Topliss-reactive ketones (excluding diaryl/α,β-unsaturated/α-hetero) is 2. The number of allylic oxidation sites excluding steroid dienone is 2. The van der Waals surface area contributed by atoms with Gasteiger partial charge in [0.15, 0.2) is 0 Å². The van der Waals surface area contributed by atoms with Crippen molar-refractivity contribution >= 4 is 11.6 Å². The van der Waals surface area contributed by atoms with Crippen molar-refractivity contribution in [3.05, 3.63) is 47.5 Å². The Bertz CT molecular complexity index is 499. The van der Waals surface area contributed by atoms with Crippen molar-refractivity contribution in [3.8, 4) is 0 Å². The summed E-state index contributed by atoms with van der Waals surface area (Å²) < 4.78 is 0. The molecule has 1 aromatic carbocycles. The molecule has 0 N–H and O–H groups in total. The minimum Gasteiger partial charge on any atom is -0.299 e. The highest BCUT2D eigenvalue weighted by Crippen LogP contribution is 2.34. The lowest BCUT2D eigenvalue weighted by Gasteiger charge is -2.23. The summed E-state index contributed by atoms with van der Waals surface area (Å²) in [5.74, 6) is 0.120. The summed E-state index contributed by atoms with van der Waals surface area (Å²) in [6.07, 6.45) is 5.98. The molecule has 0 fully saturated rings. The van der Waals surface area contributed by atoms with Crippen molar-refractivity contribution in [1.82, 2.24) is 0 Å². The van der Waals surface area contributed by atoms with Crippen LogP contribution in [0.5, 0.6) is 0 Å². The molecule has 2 nitrogen and oxygen atoms in total. The number of carbonyl (C=O) groups excluding carboxylic acids is 2. The molecule has 2 heteroatoms. The Kier molecular flexibility index (Phi) is 4.89. The molecule has 0 saturated carbocycles. The van der Waals surface area contributed by atoms with Crippen LogP contribution in [0.15, 0.2) is 42.0 Å². The highest BCUT2D eigenvalue weighted by atomic mass is 16.1. The van der Waals surface area contributed by atoms with Crippen LogP contribution in [0.3, 0.4) is 0 Å². The summed E-state index contributed by atoms with van der Waals surface area (Å²) in [6.45, 7) is 3.03. The van der Waals surface area contributed by atoms with Gasteiger partial charge in [0, 0.05) is 0 Å². The van der Waals surface area contributed by atoms with E-state index in [-0.39, 0.29) is 11.6 Å². The average Bonchev–Trinajstić information content (AvgIpc) is 2.45. The first-order valence-corrected chi connectivity index (χ1v) is 7.31. The summed E-state index contributed by atoms with van der Waals surface area (Å²) >= 11 is 0. The van der Waals surface area contributed by atoms with E-state index < -0.39 is 5.92 Å². The molecule has 0 heterocycles. The van der Waals surface area contributed by atoms with Gasteiger partial charge < -0.3 is 0 Å². The smallest absolute Gasteiger partial charge is 0.140 e. The fourth-order valence-electron chi connectivity index (χ4n) is 2.94. The molecule has 20 heavy (non-hydrogen) atoms. The molecule has 2 rings (SSSR count). The topological polar surface area (TPSA) is 34.1 Å². The van der Waals surface area contributed by atoms with Crippen molar-refractivity contribution in [1.29, 1.82) is 0 Å². The lowest BCUT2D eigenvalue weighted by Crippen LogP contribution is -2.20. The summed E-state index contributed by atoms with van der Waals surface area (Å²) in [5.41, 5.74) is 2.66. The van der Waals surface area contributed by atoms with E-state index in [4.69, 9.17) is 0 Å². The van der Waals surface area contributed by atoms with Gasteiger partial charge >= 0.3 is 0 Å². The molecule has 0 aromatic heterocycles. The number of hydrogen-bond acceptors (Lipinski definition) is 2. The summed E-state index contributed by atoms with van der Waals surface area (Å²) in [7, 11) is 0. The van der Waals surface area contributed by atoms with Crippen LogP contribution in [0, 0.1) is 5.92 Å². The van der Waals surface area contributed by atoms with E-state index in [1.165, 1.54) is 25.0 Å². The molecular formula is C18H22O2. The van der Waals surface area contributed by atoms with E-state index in [9.17, 15) is 9.59 Å². The first-order valence-electron chi connectivity index (χ1n) is 7.31. The summed E-state index contributed by atoms with van der Waals surface area (Å²) in [5, 5.41) is 0. The fraction of sp³-hybridized carbons (Fsp3) is 0.444. The number of hydrogen-bond donors (Lipinski definition) is 0. The minimum atomic E-state index is -0.436. The maximum absolute atomic E-state index is 11.5. The second-order valence-electron chi connectivity index (χ2n) is 5.72. The van der Waals surface area contributed by atoms with Crippen molar-refractivity contribution in [2.75, 3.05) is 0 Å². The van der Waals surface area contributed by atoms with Crippen LogP contribution >= 0.6 is 0 Å². The molecular weight excluding hydrogens is 248 g/mol. The van der Waals surface area contributed by atoms with E-state index in [1.807, 2.05) is 6.07 Å². The monoisotopic (exact) mass is 270 g/mol. The first-order chi connectivity index (χ1) is 9.58. The highest BCUT2D eigenvalue weighted by Gasteiger charge is 2.23. The maximum Gasteiger partial charge on any atom is 0.140 e. The van der Waals surface area contributed by atoms with Gasteiger partial charge in [0.05, 0.1) is 5.92 Å². The second-order valence-corrected chi connectivity index (χ2v) is 5.72. The van der Waals surface area contributed by atoms with Gasteiger partial charge in [-0.3, -0.25) is 9.59 Å².